The topological polar surface area (TPSA) is 78.3 Å². The number of carbonyl (C=O) groups is 1. The number of ketones is 1. The molecule has 0 fully saturated rings. The van der Waals surface area contributed by atoms with Crippen molar-refractivity contribution >= 4 is 23.5 Å². The Labute approximate surface area is 174 Å². The van der Waals surface area contributed by atoms with Crippen LogP contribution in [0.3, 0.4) is 0 Å². The van der Waals surface area contributed by atoms with E-state index in [1.165, 1.54) is 0 Å². The zero-order valence-electron chi connectivity index (χ0n) is 17.4. The molecule has 7 nitrogen and oxygen atoms in total. The molecule has 1 aromatic carbocycles. The number of hydrogen-bond donors (Lipinski definition) is 1. The minimum atomic E-state index is -0.377. The van der Waals surface area contributed by atoms with Gasteiger partial charge >= 0.3 is 0 Å². The number of nitrogens with zero attached hydrogens (tertiary/aromatic N) is 3. The van der Waals surface area contributed by atoms with E-state index >= 15 is 0 Å². The molecule has 2 aromatic rings. The van der Waals surface area contributed by atoms with Crippen molar-refractivity contribution in [1.29, 1.82) is 0 Å². The Balaban J connectivity index is 1.94. The minimum absolute atomic E-state index is 0.181. The van der Waals surface area contributed by atoms with Gasteiger partial charge in [-0.25, -0.2) is 4.68 Å². The SMILES string of the molecule is CCSc1nc2n(n1)[C@@H](c1cccc(OC)c1OC)[C@H]1C(=O)CC(C)(C)C=C1N2. The third-order valence-corrected chi connectivity index (χ3v) is 6.05. The smallest absolute Gasteiger partial charge is 0.227 e. The molecule has 154 valence electrons. The number of benzene rings is 1. The molecule has 2 atom stereocenters. The highest BCUT2D eigenvalue weighted by Crippen LogP contribution is 2.48. The van der Waals surface area contributed by atoms with Crippen molar-refractivity contribution in [3.05, 3.63) is 35.5 Å². The van der Waals surface area contributed by atoms with Crippen molar-refractivity contribution in [2.75, 3.05) is 25.3 Å². The Kier molecular flexibility index (Phi) is 5.06. The maximum Gasteiger partial charge on any atom is 0.227 e. The number of fused-ring (bicyclic) bond motifs is 2. The number of allylic oxidation sites excluding steroid dienone is 2. The molecule has 1 aliphatic heterocycles. The predicted octanol–water partition coefficient (Wildman–Crippen LogP) is 3.92. The zero-order chi connectivity index (χ0) is 20.8. The van der Waals surface area contributed by atoms with Gasteiger partial charge in [-0.1, -0.05) is 50.7 Å². The molecule has 0 radical (unpaired) electrons. The molecular formula is C21H26N4O3S. The third kappa shape index (κ3) is 3.39. The first kappa shape index (κ1) is 19.8. The molecule has 2 heterocycles. The Bertz CT molecular complexity index is 982. The Morgan fingerprint density at radius 1 is 1.31 bits per heavy atom. The molecule has 0 saturated carbocycles. The van der Waals surface area contributed by atoms with E-state index < -0.39 is 0 Å². The number of rotatable bonds is 5. The lowest BCUT2D eigenvalue weighted by Gasteiger charge is -2.40. The summed E-state index contributed by atoms with van der Waals surface area (Å²) in [6, 6.07) is 5.38. The molecule has 4 rings (SSSR count). The predicted molar refractivity (Wildman–Crippen MR) is 113 cm³/mol. The normalized spacial score (nSPS) is 22.2. The number of Topliss-reactive ketones (excluding diaryl/α,β-unsaturated/α-hetero) is 1. The van der Waals surface area contributed by atoms with Crippen molar-refractivity contribution in [2.24, 2.45) is 11.3 Å². The fraction of sp³-hybridized carbons (Fsp3) is 0.476. The van der Waals surface area contributed by atoms with Crippen LogP contribution in [0.25, 0.3) is 0 Å². The van der Waals surface area contributed by atoms with E-state index in [1.807, 2.05) is 22.9 Å². The quantitative estimate of drug-likeness (QED) is 0.743. The molecule has 0 amide bonds. The molecule has 1 aromatic heterocycles. The lowest BCUT2D eigenvalue weighted by molar-refractivity contribution is -0.125. The monoisotopic (exact) mass is 414 g/mol. The van der Waals surface area contributed by atoms with E-state index in [-0.39, 0.29) is 23.2 Å². The van der Waals surface area contributed by atoms with Crippen LogP contribution in [0.15, 0.2) is 35.1 Å². The summed E-state index contributed by atoms with van der Waals surface area (Å²) in [6.07, 6.45) is 2.63. The van der Waals surface area contributed by atoms with Crippen LogP contribution in [0, 0.1) is 11.3 Å². The molecule has 29 heavy (non-hydrogen) atoms. The number of thioether (sulfide) groups is 1. The van der Waals surface area contributed by atoms with Crippen molar-refractivity contribution in [3.63, 3.8) is 0 Å². The second kappa shape index (κ2) is 7.40. The average molecular weight is 415 g/mol. The van der Waals surface area contributed by atoms with Gasteiger partial charge in [0.2, 0.25) is 11.1 Å². The van der Waals surface area contributed by atoms with Crippen LogP contribution in [0.5, 0.6) is 11.5 Å². The van der Waals surface area contributed by atoms with E-state index in [1.54, 1.807) is 26.0 Å². The van der Waals surface area contributed by atoms with Gasteiger partial charge in [0.05, 0.1) is 26.2 Å². The molecular weight excluding hydrogens is 388 g/mol. The second-order valence-corrected chi connectivity index (χ2v) is 9.19. The number of ether oxygens (including phenoxy) is 2. The summed E-state index contributed by atoms with van der Waals surface area (Å²) >= 11 is 1.57. The first-order valence-electron chi connectivity index (χ1n) is 9.71. The van der Waals surface area contributed by atoms with Gasteiger partial charge in [-0.05, 0) is 17.2 Å². The maximum absolute atomic E-state index is 13.3. The summed E-state index contributed by atoms with van der Waals surface area (Å²) in [5.74, 6) is 2.56. The van der Waals surface area contributed by atoms with Crippen LogP contribution in [-0.2, 0) is 4.79 Å². The first-order valence-corrected chi connectivity index (χ1v) is 10.7. The Morgan fingerprint density at radius 2 is 2.10 bits per heavy atom. The average Bonchev–Trinajstić information content (AvgIpc) is 3.06. The van der Waals surface area contributed by atoms with E-state index in [0.29, 0.717) is 29.0 Å². The zero-order valence-corrected chi connectivity index (χ0v) is 18.2. The van der Waals surface area contributed by atoms with E-state index in [0.717, 1.165) is 17.0 Å². The molecule has 0 saturated heterocycles. The minimum Gasteiger partial charge on any atom is -0.493 e. The highest BCUT2D eigenvalue weighted by Gasteiger charge is 2.46. The van der Waals surface area contributed by atoms with Crippen LogP contribution in [0.2, 0.25) is 0 Å². The largest absolute Gasteiger partial charge is 0.493 e. The van der Waals surface area contributed by atoms with Gasteiger partial charge in [-0.15, -0.1) is 5.10 Å². The summed E-state index contributed by atoms with van der Waals surface area (Å²) in [4.78, 5) is 18.0. The molecule has 0 bridgehead atoms. The number of anilines is 1. The lowest BCUT2D eigenvalue weighted by Crippen LogP contribution is -2.42. The fourth-order valence-corrected chi connectivity index (χ4v) is 4.81. The number of nitrogens with one attached hydrogen (secondary N) is 1. The fourth-order valence-electron chi connectivity index (χ4n) is 4.25. The van der Waals surface area contributed by atoms with E-state index in [2.05, 4.69) is 37.1 Å². The summed E-state index contributed by atoms with van der Waals surface area (Å²) in [6.45, 7) is 6.22. The van der Waals surface area contributed by atoms with Crippen molar-refractivity contribution in [1.82, 2.24) is 14.8 Å². The molecule has 1 N–H and O–H groups in total. The number of carbonyl (C=O) groups excluding carboxylic acids is 1. The first-order chi connectivity index (χ1) is 13.9. The molecule has 0 spiro atoms. The molecule has 2 aliphatic rings. The summed E-state index contributed by atoms with van der Waals surface area (Å²) in [5.41, 5.74) is 1.54. The van der Waals surface area contributed by atoms with Crippen LogP contribution in [-0.4, -0.2) is 40.5 Å². The van der Waals surface area contributed by atoms with Gasteiger partial charge in [-0.2, -0.15) is 4.98 Å². The van der Waals surface area contributed by atoms with Gasteiger partial charge in [0.15, 0.2) is 11.5 Å². The lowest BCUT2D eigenvalue weighted by atomic mass is 9.72. The highest BCUT2D eigenvalue weighted by molar-refractivity contribution is 7.99. The van der Waals surface area contributed by atoms with Crippen molar-refractivity contribution in [3.8, 4) is 11.5 Å². The number of aromatic nitrogens is 3. The standard InChI is InChI=1S/C21H26N4O3S/c1-6-29-20-23-19-22-13-10-21(2,3)11-14(26)16(13)17(25(19)24-20)12-8-7-9-15(27-4)18(12)28-5/h7-10,16-17H,6,11H2,1-5H3,(H,22,23,24)/t16-,17+/m1/s1. The van der Waals surface area contributed by atoms with E-state index in [9.17, 15) is 4.79 Å². The summed E-state index contributed by atoms with van der Waals surface area (Å²) < 4.78 is 13.0. The maximum atomic E-state index is 13.3. The van der Waals surface area contributed by atoms with Gasteiger partial charge in [-0.3, -0.25) is 4.79 Å². The van der Waals surface area contributed by atoms with Crippen LogP contribution < -0.4 is 14.8 Å². The van der Waals surface area contributed by atoms with Crippen molar-refractivity contribution in [2.45, 2.75) is 38.4 Å². The highest BCUT2D eigenvalue weighted by atomic mass is 32.2. The molecule has 1 aliphatic carbocycles. The Morgan fingerprint density at radius 3 is 2.79 bits per heavy atom. The molecule has 8 heteroatoms. The molecule has 0 unspecified atom stereocenters. The van der Waals surface area contributed by atoms with Gasteiger partial charge in [0.25, 0.3) is 0 Å². The van der Waals surface area contributed by atoms with Crippen LogP contribution >= 0.6 is 11.8 Å². The Hall–Kier alpha value is -2.48. The van der Waals surface area contributed by atoms with Crippen molar-refractivity contribution < 1.29 is 14.3 Å². The summed E-state index contributed by atoms with van der Waals surface area (Å²) in [5, 5.41) is 8.78. The van der Waals surface area contributed by atoms with Crippen LogP contribution in [0.1, 0.15) is 38.8 Å². The number of para-hydroxylation sites is 1. The third-order valence-electron chi connectivity index (χ3n) is 5.33. The number of hydrogen-bond acceptors (Lipinski definition) is 7. The summed E-state index contributed by atoms with van der Waals surface area (Å²) in [7, 11) is 3.23. The van der Waals surface area contributed by atoms with Gasteiger partial charge < -0.3 is 14.8 Å². The van der Waals surface area contributed by atoms with Gasteiger partial charge in [0, 0.05) is 17.7 Å². The van der Waals surface area contributed by atoms with Gasteiger partial charge in [0.1, 0.15) is 5.78 Å². The van der Waals surface area contributed by atoms with Crippen LogP contribution in [0.4, 0.5) is 5.95 Å². The second-order valence-electron chi connectivity index (χ2n) is 7.96. The number of methoxy groups -OCH3 is 2. The van der Waals surface area contributed by atoms with E-state index in [4.69, 9.17) is 14.6 Å².